The molecule has 1 N–H and O–H groups in total. The summed E-state index contributed by atoms with van der Waals surface area (Å²) in [6.45, 7) is 0. The number of hydrogen-bond acceptors (Lipinski definition) is 4. The summed E-state index contributed by atoms with van der Waals surface area (Å²) in [6, 6.07) is 0. The first-order chi connectivity index (χ1) is 10.6. The number of nitrogens with one attached hydrogen (secondary N) is 1. The first kappa shape index (κ1) is 14.4. The molecule has 4 bridgehead atoms. The number of Topliss-reactive ketones (excluding diaryl/α,β-unsaturated/α-hetero) is 1. The number of ketones is 1. The number of rotatable bonds is 5. The zero-order valence-electron chi connectivity index (χ0n) is 12.7. The Hall–Kier alpha value is -1.23. The molecule has 0 atom stereocenters. The molecule has 0 aromatic carbocycles. The van der Waals surface area contributed by atoms with Crippen LogP contribution in [-0.2, 0) is 9.59 Å². The lowest BCUT2D eigenvalue weighted by Crippen LogP contribution is -2.50. The van der Waals surface area contributed by atoms with Crippen LogP contribution in [0.1, 0.15) is 51.4 Å². The number of nitrogens with zero attached hydrogens (tertiary/aromatic N) is 1. The molecular formula is C17H22N2O2S. The van der Waals surface area contributed by atoms with E-state index in [0.29, 0.717) is 23.8 Å². The van der Waals surface area contributed by atoms with Crippen molar-refractivity contribution in [2.75, 3.05) is 5.32 Å². The number of anilines is 1. The van der Waals surface area contributed by atoms with Crippen molar-refractivity contribution >= 4 is 28.2 Å². The van der Waals surface area contributed by atoms with Crippen LogP contribution in [0.25, 0.3) is 0 Å². The second-order valence-electron chi connectivity index (χ2n) is 7.51. The second kappa shape index (κ2) is 5.44. The third-order valence-electron chi connectivity index (χ3n) is 5.89. The van der Waals surface area contributed by atoms with Gasteiger partial charge in [-0.05, 0) is 56.3 Å². The molecule has 1 heterocycles. The fourth-order valence-corrected chi connectivity index (χ4v) is 5.96. The predicted octanol–water partition coefficient (Wildman–Crippen LogP) is 3.65. The average molecular weight is 318 g/mol. The van der Waals surface area contributed by atoms with E-state index in [4.69, 9.17) is 0 Å². The number of carbonyl (C=O) groups is 2. The van der Waals surface area contributed by atoms with E-state index in [0.717, 1.165) is 37.0 Å². The molecule has 4 aliphatic rings. The third kappa shape index (κ3) is 2.60. The lowest BCUT2D eigenvalue weighted by Gasteiger charge is -2.56. The highest BCUT2D eigenvalue weighted by Crippen LogP contribution is 2.60. The van der Waals surface area contributed by atoms with Crippen LogP contribution in [0.4, 0.5) is 5.13 Å². The standard InChI is InChI=1S/C17H22N2O2S/c20-14(1-2-15(21)19-16-18-3-4-22-16)17-8-11-5-12(9-17)7-13(6-11)10-17/h3-4,11-13H,1-2,5-10H2,(H,18,19,21). The first-order valence-electron chi connectivity index (χ1n) is 8.36. The van der Waals surface area contributed by atoms with Gasteiger partial charge in [0.05, 0.1) is 0 Å². The van der Waals surface area contributed by atoms with Gasteiger partial charge in [-0.2, -0.15) is 0 Å². The maximum atomic E-state index is 12.8. The average Bonchev–Trinajstić information content (AvgIpc) is 2.96. The van der Waals surface area contributed by atoms with Crippen LogP contribution in [-0.4, -0.2) is 16.7 Å². The molecule has 22 heavy (non-hydrogen) atoms. The van der Waals surface area contributed by atoms with Crippen LogP contribution >= 0.6 is 11.3 Å². The summed E-state index contributed by atoms with van der Waals surface area (Å²) in [5.41, 5.74) is -0.0732. The Labute approximate surface area is 134 Å². The van der Waals surface area contributed by atoms with Gasteiger partial charge >= 0.3 is 0 Å². The van der Waals surface area contributed by atoms with Crippen molar-refractivity contribution in [2.24, 2.45) is 23.2 Å². The maximum Gasteiger partial charge on any atom is 0.226 e. The zero-order chi connectivity index (χ0) is 15.2. The van der Waals surface area contributed by atoms with Gasteiger partial charge in [-0.25, -0.2) is 4.98 Å². The van der Waals surface area contributed by atoms with Crippen LogP contribution < -0.4 is 5.32 Å². The van der Waals surface area contributed by atoms with Crippen molar-refractivity contribution in [2.45, 2.75) is 51.4 Å². The summed E-state index contributed by atoms with van der Waals surface area (Å²) in [4.78, 5) is 28.8. The summed E-state index contributed by atoms with van der Waals surface area (Å²) < 4.78 is 0. The summed E-state index contributed by atoms with van der Waals surface area (Å²) in [5, 5.41) is 5.21. The minimum absolute atomic E-state index is 0.0732. The summed E-state index contributed by atoms with van der Waals surface area (Å²) in [7, 11) is 0. The van der Waals surface area contributed by atoms with E-state index in [1.165, 1.54) is 30.6 Å². The lowest BCUT2D eigenvalue weighted by atomic mass is 9.48. The number of hydrogen-bond donors (Lipinski definition) is 1. The van der Waals surface area contributed by atoms with Gasteiger partial charge in [-0.3, -0.25) is 9.59 Å². The monoisotopic (exact) mass is 318 g/mol. The molecule has 1 aromatic heterocycles. The van der Waals surface area contributed by atoms with Gasteiger partial charge in [0.25, 0.3) is 0 Å². The first-order valence-corrected chi connectivity index (χ1v) is 9.23. The van der Waals surface area contributed by atoms with E-state index in [1.807, 2.05) is 5.38 Å². The molecular weight excluding hydrogens is 296 g/mol. The van der Waals surface area contributed by atoms with Crippen molar-refractivity contribution in [1.82, 2.24) is 4.98 Å². The molecule has 4 fully saturated rings. The Morgan fingerprint density at radius 3 is 2.32 bits per heavy atom. The second-order valence-corrected chi connectivity index (χ2v) is 8.40. The van der Waals surface area contributed by atoms with Crippen molar-refractivity contribution in [3.63, 3.8) is 0 Å². The van der Waals surface area contributed by atoms with E-state index in [9.17, 15) is 9.59 Å². The fraction of sp³-hybridized carbons (Fsp3) is 0.706. The van der Waals surface area contributed by atoms with Crippen LogP contribution in [0.5, 0.6) is 0 Å². The minimum atomic E-state index is -0.0898. The smallest absolute Gasteiger partial charge is 0.226 e. The molecule has 0 aliphatic heterocycles. The van der Waals surface area contributed by atoms with Gasteiger partial charge in [0.2, 0.25) is 5.91 Å². The number of carbonyl (C=O) groups excluding carboxylic acids is 2. The quantitative estimate of drug-likeness (QED) is 0.901. The summed E-state index contributed by atoms with van der Waals surface area (Å²) in [6.07, 6.45) is 9.65. The fourth-order valence-electron chi connectivity index (χ4n) is 5.41. The largest absolute Gasteiger partial charge is 0.302 e. The third-order valence-corrected chi connectivity index (χ3v) is 6.58. The highest BCUT2D eigenvalue weighted by Gasteiger charge is 2.53. The topological polar surface area (TPSA) is 59.1 Å². The number of aromatic nitrogens is 1. The Bertz CT molecular complexity index is 546. The van der Waals surface area contributed by atoms with Crippen LogP contribution in [0.15, 0.2) is 11.6 Å². The maximum absolute atomic E-state index is 12.8. The Balaban J connectivity index is 1.35. The highest BCUT2D eigenvalue weighted by molar-refractivity contribution is 7.13. The van der Waals surface area contributed by atoms with E-state index < -0.39 is 0 Å². The van der Waals surface area contributed by atoms with Crippen molar-refractivity contribution < 1.29 is 9.59 Å². The number of thiazole rings is 1. The Kier molecular flexibility index (Phi) is 3.56. The van der Waals surface area contributed by atoms with Crippen molar-refractivity contribution in [1.29, 1.82) is 0 Å². The van der Waals surface area contributed by atoms with Gasteiger partial charge < -0.3 is 5.32 Å². The van der Waals surface area contributed by atoms with Crippen molar-refractivity contribution in [3.8, 4) is 0 Å². The molecule has 1 amide bonds. The van der Waals surface area contributed by atoms with Crippen LogP contribution in [0.2, 0.25) is 0 Å². The molecule has 0 radical (unpaired) electrons. The molecule has 4 nitrogen and oxygen atoms in total. The van der Waals surface area contributed by atoms with Crippen LogP contribution in [0, 0.1) is 23.2 Å². The van der Waals surface area contributed by atoms with E-state index in [-0.39, 0.29) is 11.3 Å². The Morgan fingerprint density at radius 2 is 1.77 bits per heavy atom. The van der Waals surface area contributed by atoms with Crippen molar-refractivity contribution in [3.05, 3.63) is 11.6 Å². The van der Waals surface area contributed by atoms with Gasteiger partial charge in [0.15, 0.2) is 5.13 Å². The van der Waals surface area contributed by atoms with Gasteiger partial charge in [0, 0.05) is 29.8 Å². The van der Waals surface area contributed by atoms with E-state index in [1.54, 1.807) is 6.20 Å². The van der Waals surface area contributed by atoms with E-state index in [2.05, 4.69) is 10.3 Å². The SMILES string of the molecule is O=C(CCC(=O)C12CC3CC(CC(C3)C1)C2)Nc1nccs1. The molecule has 4 saturated carbocycles. The summed E-state index contributed by atoms with van der Waals surface area (Å²) >= 11 is 1.40. The molecule has 5 heteroatoms. The van der Waals surface area contributed by atoms with Gasteiger partial charge in [0.1, 0.15) is 5.78 Å². The van der Waals surface area contributed by atoms with E-state index >= 15 is 0 Å². The molecule has 5 rings (SSSR count). The van der Waals surface area contributed by atoms with Gasteiger partial charge in [-0.15, -0.1) is 11.3 Å². The number of amides is 1. The van der Waals surface area contributed by atoms with Gasteiger partial charge in [-0.1, -0.05) is 0 Å². The molecule has 0 spiro atoms. The normalized spacial score (nSPS) is 35.5. The molecule has 1 aromatic rings. The van der Waals surface area contributed by atoms with Crippen LogP contribution in [0.3, 0.4) is 0 Å². The molecule has 118 valence electrons. The molecule has 4 aliphatic carbocycles. The molecule has 0 unspecified atom stereocenters. The zero-order valence-corrected chi connectivity index (χ0v) is 13.5. The molecule has 0 saturated heterocycles. The highest BCUT2D eigenvalue weighted by atomic mass is 32.1. The minimum Gasteiger partial charge on any atom is -0.302 e. The lowest BCUT2D eigenvalue weighted by molar-refractivity contribution is -0.144. The Morgan fingerprint density at radius 1 is 1.14 bits per heavy atom. The summed E-state index contributed by atoms with van der Waals surface area (Å²) in [5.74, 6) is 2.59. The predicted molar refractivity (Wildman–Crippen MR) is 85.6 cm³/mol.